The Kier molecular flexibility index (Phi) is 8.53. The zero-order valence-electron chi connectivity index (χ0n) is 26.9. The maximum Gasteiger partial charge on any atom is 0.333 e. The minimum Gasteiger partial charge on any atom is -0.468 e. The Balaban J connectivity index is 1.38. The topological polar surface area (TPSA) is 143 Å². The molecule has 3 aromatic heterocycles. The number of ether oxygens (including phenoxy) is 1. The molecule has 12 nitrogen and oxygen atoms in total. The predicted octanol–water partition coefficient (Wildman–Crippen LogP) is 5.09. The lowest BCUT2D eigenvalue weighted by Crippen LogP contribution is -2.43. The summed E-state index contributed by atoms with van der Waals surface area (Å²) >= 11 is 0. The van der Waals surface area contributed by atoms with Gasteiger partial charge in [-0.1, -0.05) is 98.1 Å². The van der Waals surface area contributed by atoms with Crippen molar-refractivity contribution in [2.24, 2.45) is 0 Å². The van der Waals surface area contributed by atoms with Crippen LogP contribution in [0.25, 0.3) is 33.7 Å². The van der Waals surface area contributed by atoms with Gasteiger partial charge in [0.2, 0.25) is 5.82 Å². The van der Waals surface area contributed by atoms with Crippen molar-refractivity contribution in [3.05, 3.63) is 117 Å². The molecule has 244 valence electrons. The molecule has 3 aromatic carbocycles. The van der Waals surface area contributed by atoms with Crippen molar-refractivity contribution in [2.75, 3.05) is 7.11 Å². The van der Waals surface area contributed by atoms with Crippen LogP contribution in [-0.2, 0) is 22.6 Å². The minimum atomic E-state index is -0.598. The number of imidazole rings is 1. The first-order valence-electron chi connectivity index (χ1n) is 16.2. The molecule has 1 atom stereocenters. The highest BCUT2D eigenvalue weighted by molar-refractivity contribution is 5.80. The first-order chi connectivity index (χ1) is 23.4. The van der Waals surface area contributed by atoms with E-state index < -0.39 is 23.3 Å². The fourth-order valence-corrected chi connectivity index (χ4v) is 6.85. The molecule has 0 aliphatic heterocycles. The third kappa shape index (κ3) is 5.74. The highest BCUT2D eigenvalue weighted by Gasteiger charge is 2.29. The Labute approximate surface area is 276 Å². The van der Waals surface area contributed by atoms with E-state index in [1.165, 1.54) is 16.2 Å². The van der Waals surface area contributed by atoms with E-state index in [1.54, 1.807) is 0 Å². The third-order valence-corrected chi connectivity index (χ3v) is 9.37. The number of rotatable bonds is 9. The van der Waals surface area contributed by atoms with Crippen LogP contribution in [0.2, 0.25) is 0 Å². The van der Waals surface area contributed by atoms with Crippen LogP contribution in [0.5, 0.6) is 0 Å². The molecule has 3 heterocycles. The van der Waals surface area contributed by atoms with Crippen LogP contribution < -0.4 is 11.2 Å². The Bertz CT molecular complexity index is 2180. The lowest BCUT2D eigenvalue weighted by Gasteiger charge is -2.22. The SMILES string of the molecule is COC(=O)Cn1c(=O)n(C(C)c2ccccc2)c(=O)c2c1nc(C1CCCCC1)n2Cc1ccc(-c2ccccc2-c2nn[nH]n2)cc1. The molecule has 7 rings (SSSR count). The summed E-state index contributed by atoms with van der Waals surface area (Å²) in [6.07, 6.45) is 5.15. The molecule has 1 fully saturated rings. The molecular weight excluding hydrogens is 608 g/mol. The Morgan fingerprint density at radius 2 is 1.62 bits per heavy atom. The van der Waals surface area contributed by atoms with Crippen molar-refractivity contribution in [1.29, 1.82) is 0 Å². The zero-order chi connectivity index (χ0) is 33.2. The first-order valence-corrected chi connectivity index (χ1v) is 16.2. The summed E-state index contributed by atoms with van der Waals surface area (Å²) in [6, 6.07) is 24.8. The Morgan fingerprint density at radius 1 is 0.917 bits per heavy atom. The number of hydrogen-bond acceptors (Lipinski definition) is 8. The number of nitrogens with one attached hydrogen (secondary N) is 1. The van der Waals surface area contributed by atoms with Crippen LogP contribution in [0.3, 0.4) is 0 Å². The van der Waals surface area contributed by atoms with Gasteiger partial charge >= 0.3 is 11.7 Å². The smallest absolute Gasteiger partial charge is 0.333 e. The number of nitrogens with zero attached hydrogens (tertiary/aromatic N) is 7. The Morgan fingerprint density at radius 3 is 2.31 bits per heavy atom. The van der Waals surface area contributed by atoms with Crippen LogP contribution in [0.15, 0.2) is 88.5 Å². The number of aromatic amines is 1. The van der Waals surface area contributed by atoms with Gasteiger partial charge in [0, 0.05) is 18.0 Å². The second kappa shape index (κ2) is 13.2. The number of H-pyrrole nitrogens is 1. The van der Waals surface area contributed by atoms with E-state index in [9.17, 15) is 14.4 Å². The van der Waals surface area contributed by atoms with Crippen molar-refractivity contribution in [2.45, 2.75) is 64.1 Å². The number of aromatic nitrogens is 8. The zero-order valence-corrected chi connectivity index (χ0v) is 26.9. The number of benzene rings is 3. The van der Waals surface area contributed by atoms with Crippen LogP contribution in [0.1, 0.15) is 67.9 Å². The van der Waals surface area contributed by atoms with Gasteiger partial charge in [0.05, 0.1) is 13.2 Å². The van der Waals surface area contributed by atoms with Gasteiger partial charge in [0.15, 0.2) is 11.2 Å². The molecule has 48 heavy (non-hydrogen) atoms. The number of tetrazole rings is 1. The van der Waals surface area contributed by atoms with E-state index >= 15 is 0 Å². The van der Waals surface area contributed by atoms with Crippen molar-refractivity contribution < 1.29 is 9.53 Å². The molecule has 6 aromatic rings. The number of carbonyl (C=O) groups excluding carboxylic acids is 1. The highest BCUT2D eigenvalue weighted by Crippen LogP contribution is 2.34. The Hall–Kier alpha value is -5.65. The largest absolute Gasteiger partial charge is 0.468 e. The van der Waals surface area contributed by atoms with Gasteiger partial charge in [0.1, 0.15) is 12.4 Å². The molecule has 0 radical (unpaired) electrons. The number of esters is 1. The summed E-state index contributed by atoms with van der Waals surface area (Å²) in [5.74, 6) is 0.793. The van der Waals surface area contributed by atoms with Crippen LogP contribution in [0, 0.1) is 0 Å². The van der Waals surface area contributed by atoms with Crippen molar-refractivity contribution in [1.82, 2.24) is 39.3 Å². The summed E-state index contributed by atoms with van der Waals surface area (Å²) in [6.45, 7) is 1.82. The van der Waals surface area contributed by atoms with Crippen LogP contribution in [0.4, 0.5) is 0 Å². The molecule has 0 spiro atoms. The first kappa shape index (κ1) is 31.0. The average Bonchev–Trinajstić information content (AvgIpc) is 3.80. The van der Waals surface area contributed by atoms with Crippen LogP contribution in [-0.4, -0.2) is 52.4 Å². The van der Waals surface area contributed by atoms with Gasteiger partial charge in [-0.15, -0.1) is 10.2 Å². The standard InChI is InChI=1S/C36H36N8O4/c1-23(25-11-5-3-6-12-25)44-35(46)31-34(43(36(44)47)22-30(45)48-2)37-33(27-13-7-4-8-14-27)42(31)21-24-17-19-26(20-18-24)28-15-9-10-16-29(28)32-38-40-41-39-32/h3,5-6,9-12,15-20,23,27H,4,7-8,13-14,21-22H2,1-2H3,(H,38,39,40,41). The fourth-order valence-electron chi connectivity index (χ4n) is 6.85. The summed E-state index contributed by atoms with van der Waals surface area (Å²) in [7, 11) is 1.28. The van der Waals surface area contributed by atoms with E-state index in [1.807, 2.05) is 90.4 Å². The van der Waals surface area contributed by atoms with Gasteiger partial charge in [-0.05, 0) is 47.2 Å². The molecule has 1 aliphatic carbocycles. The highest BCUT2D eigenvalue weighted by atomic mass is 16.5. The van der Waals surface area contributed by atoms with Gasteiger partial charge in [-0.2, -0.15) is 5.21 Å². The second-order valence-electron chi connectivity index (χ2n) is 12.2. The third-order valence-electron chi connectivity index (χ3n) is 9.37. The van der Waals surface area contributed by atoms with E-state index in [0.717, 1.165) is 65.7 Å². The van der Waals surface area contributed by atoms with Crippen molar-refractivity contribution >= 4 is 17.1 Å². The number of hydrogen-bond donors (Lipinski definition) is 1. The average molecular weight is 645 g/mol. The molecule has 1 unspecified atom stereocenters. The quantitative estimate of drug-likeness (QED) is 0.215. The van der Waals surface area contributed by atoms with Gasteiger partial charge in [0.25, 0.3) is 5.56 Å². The fraction of sp³-hybridized carbons (Fsp3) is 0.306. The number of carbonyl (C=O) groups is 1. The molecule has 1 N–H and O–H groups in total. The van der Waals surface area contributed by atoms with Gasteiger partial charge < -0.3 is 9.30 Å². The number of fused-ring (bicyclic) bond motifs is 1. The van der Waals surface area contributed by atoms with Crippen molar-refractivity contribution in [3.63, 3.8) is 0 Å². The molecule has 0 amide bonds. The maximum absolute atomic E-state index is 14.5. The van der Waals surface area contributed by atoms with E-state index in [-0.39, 0.29) is 18.1 Å². The second-order valence-corrected chi connectivity index (χ2v) is 12.2. The minimum absolute atomic E-state index is 0.119. The lowest BCUT2D eigenvalue weighted by atomic mass is 9.88. The lowest BCUT2D eigenvalue weighted by molar-refractivity contribution is -0.141. The molecular formula is C36H36N8O4. The predicted molar refractivity (Wildman–Crippen MR) is 181 cm³/mol. The van der Waals surface area contributed by atoms with Gasteiger partial charge in [-0.3, -0.25) is 18.7 Å². The van der Waals surface area contributed by atoms with E-state index in [4.69, 9.17) is 9.72 Å². The monoisotopic (exact) mass is 644 g/mol. The normalized spacial score (nSPS) is 14.3. The van der Waals surface area contributed by atoms with Crippen molar-refractivity contribution in [3.8, 4) is 22.5 Å². The summed E-state index contributed by atoms with van der Waals surface area (Å²) < 4.78 is 9.47. The molecule has 1 aliphatic rings. The maximum atomic E-state index is 14.5. The molecule has 0 saturated heterocycles. The summed E-state index contributed by atoms with van der Waals surface area (Å²) in [4.78, 5) is 46.2. The molecule has 0 bridgehead atoms. The molecule has 1 saturated carbocycles. The summed E-state index contributed by atoms with van der Waals surface area (Å²) in [5.41, 5.74) is 4.03. The molecule has 12 heteroatoms. The number of methoxy groups -OCH3 is 1. The van der Waals surface area contributed by atoms with Gasteiger partial charge in [-0.25, -0.2) is 9.78 Å². The van der Waals surface area contributed by atoms with Crippen LogP contribution >= 0.6 is 0 Å². The van der Waals surface area contributed by atoms with E-state index in [0.29, 0.717) is 17.9 Å². The summed E-state index contributed by atoms with van der Waals surface area (Å²) in [5, 5.41) is 14.6. The van der Waals surface area contributed by atoms with E-state index in [2.05, 4.69) is 20.6 Å².